The Balaban J connectivity index is 2.27. The Labute approximate surface area is 114 Å². The van der Waals surface area contributed by atoms with Gasteiger partial charge in [-0.05, 0) is 32.9 Å². The molecular weight excluding hydrogens is 238 g/mol. The number of nitrogens with one attached hydrogen (secondary N) is 1. The first-order valence-corrected chi connectivity index (χ1v) is 6.57. The van der Waals surface area contributed by atoms with Crippen LogP contribution in [0.5, 0.6) is 0 Å². The van der Waals surface area contributed by atoms with Crippen molar-refractivity contribution in [2.45, 2.75) is 27.3 Å². The van der Waals surface area contributed by atoms with E-state index >= 15 is 0 Å². The number of benzene rings is 1. The molecule has 0 saturated heterocycles. The smallest absolute Gasteiger partial charge is 0.0649 e. The minimum absolute atomic E-state index is 0.157. The summed E-state index contributed by atoms with van der Waals surface area (Å²) in [5, 5.41) is 16.6. The molecule has 2 N–H and O–H groups in total. The van der Waals surface area contributed by atoms with E-state index in [-0.39, 0.29) is 6.61 Å². The number of aliphatic hydroxyl groups is 1. The standard InChI is InChI=1S/C15H21N3O/c1-11-4-6-14(7-5-11)18-13(3)15(12(2)17-18)10-16-8-9-19/h4-7,16,19H,8-10H2,1-3H3. The molecule has 0 saturated carbocycles. The van der Waals surface area contributed by atoms with Gasteiger partial charge in [0.15, 0.2) is 0 Å². The number of aliphatic hydroxyl groups excluding tert-OH is 1. The number of aryl methyl sites for hydroxylation is 2. The Hall–Kier alpha value is -1.65. The number of hydrogen-bond donors (Lipinski definition) is 2. The topological polar surface area (TPSA) is 50.1 Å². The van der Waals surface area contributed by atoms with Crippen molar-refractivity contribution in [1.29, 1.82) is 0 Å². The van der Waals surface area contributed by atoms with Crippen LogP contribution in [0.2, 0.25) is 0 Å². The Morgan fingerprint density at radius 3 is 2.47 bits per heavy atom. The summed E-state index contributed by atoms with van der Waals surface area (Å²) in [5.41, 5.74) is 5.71. The number of aromatic nitrogens is 2. The Bertz CT molecular complexity index is 543. The SMILES string of the molecule is Cc1ccc(-n2nc(C)c(CNCCO)c2C)cc1. The van der Waals surface area contributed by atoms with E-state index in [0.717, 1.165) is 23.6 Å². The number of rotatable bonds is 5. The quantitative estimate of drug-likeness (QED) is 0.806. The molecule has 0 amide bonds. The van der Waals surface area contributed by atoms with Gasteiger partial charge in [-0.15, -0.1) is 0 Å². The van der Waals surface area contributed by atoms with Gasteiger partial charge in [0.1, 0.15) is 0 Å². The largest absolute Gasteiger partial charge is 0.395 e. The summed E-state index contributed by atoms with van der Waals surface area (Å²) in [4.78, 5) is 0. The van der Waals surface area contributed by atoms with E-state index in [1.54, 1.807) is 0 Å². The maximum Gasteiger partial charge on any atom is 0.0649 e. The molecule has 0 radical (unpaired) electrons. The molecule has 0 fully saturated rings. The van der Waals surface area contributed by atoms with Crippen LogP contribution in [0.4, 0.5) is 0 Å². The molecule has 0 unspecified atom stereocenters. The third-order valence-electron chi connectivity index (χ3n) is 3.31. The minimum Gasteiger partial charge on any atom is -0.395 e. The summed E-state index contributed by atoms with van der Waals surface area (Å²) in [6.07, 6.45) is 0. The van der Waals surface area contributed by atoms with Crippen LogP contribution in [-0.4, -0.2) is 28.0 Å². The van der Waals surface area contributed by atoms with E-state index in [1.807, 2.05) is 11.6 Å². The molecule has 0 spiro atoms. The van der Waals surface area contributed by atoms with Crippen molar-refractivity contribution in [3.05, 3.63) is 46.8 Å². The zero-order valence-electron chi connectivity index (χ0n) is 11.8. The Morgan fingerprint density at radius 2 is 1.84 bits per heavy atom. The maximum atomic E-state index is 8.81. The van der Waals surface area contributed by atoms with E-state index < -0.39 is 0 Å². The lowest BCUT2D eigenvalue weighted by molar-refractivity contribution is 0.292. The zero-order chi connectivity index (χ0) is 13.8. The molecule has 1 aromatic carbocycles. The molecule has 0 aliphatic heterocycles. The molecule has 0 aliphatic carbocycles. The van der Waals surface area contributed by atoms with E-state index in [0.29, 0.717) is 6.54 Å². The predicted octanol–water partition coefficient (Wildman–Crippen LogP) is 1.88. The molecule has 0 aliphatic rings. The summed E-state index contributed by atoms with van der Waals surface area (Å²) in [5.74, 6) is 0. The number of nitrogens with zero attached hydrogens (tertiary/aromatic N) is 2. The van der Waals surface area contributed by atoms with Crippen molar-refractivity contribution in [1.82, 2.24) is 15.1 Å². The highest BCUT2D eigenvalue weighted by molar-refractivity contribution is 5.38. The first-order valence-electron chi connectivity index (χ1n) is 6.57. The lowest BCUT2D eigenvalue weighted by Crippen LogP contribution is -2.18. The fourth-order valence-electron chi connectivity index (χ4n) is 2.16. The van der Waals surface area contributed by atoms with Crippen LogP contribution in [0.25, 0.3) is 5.69 Å². The minimum atomic E-state index is 0.157. The number of hydrogen-bond acceptors (Lipinski definition) is 3. The van der Waals surface area contributed by atoms with Crippen LogP contribution in [0, 0.1) is 20.8 Å². The van der Waals surface area contributed by atoms with Crippen LogP contribution in [0.15, 0.2) is 24.3 Å². The molecular formula is C15H21N3O. The van der Waals surface area contributed by atoms with Gasteiger partial charge in [0, 0.05) is 24.3 Å². The van der Waals surface area contributed by atoms with Crippen LogP contribution in [0.1, 0.15) is 22.5 Å². The molecule has 0 bridgehead atoms. The van der Waals surface area contributed by atoms with Crippen molar-refractivity contribution in [2.24, 2.45) is 0 Å². The van der Waals surface area contributed by atoms with Gasteiger partial charge >= 0.3 is 0 Å². The average Bonchev–Trinajstić information content (AvgIpc) is 2.68. The Morgan fingerprint density at radius 1 is 1.16 bits per heavy atom. The molecule has 102 valence electrons. The van der Waals surface area contributed by atoms with Crippen LogP contribution in [0.3, 0.4) is 0 Å². The average molecular weight is 259 g/mol. The second-order valence-corrected chi connectivity index (χ2v) is 4.80. The zero-order valence-corrected chi connectivity index (χ0v) is 11.8. The van der Waals surface area contributed by atoms with Crippen molar-refractivity contribution < 1.29 is 5.11 Å². The third-order valence-corrected chi connectivity index (χ3v) is 3.31. The highest BCUT2D eigenvalue weighted by atomic mass is 16.3. The highest BCUT2D eigenvalue weighted by Crippen LogP contribution is 2.18. The Kier molecular flexibility index (Phi) is 4.35. The first kappa shape index (κ1) is 13.8. The molecule has 1 aromatic heterocycles. The van der Waals surface area contributed by atoms with Gasteiger partial charge in [-0.25, -0.2) is 4.68 Å². The monoisotopic (exact) mass is 259 g/mol. The normalized spacial score (nSPS) is 10.9. The van der Waals surface area contributed by atoms with Crippen LogP contribution in [-0.2, 0) is 6.54 Å². The van der Waals surface area contributed by atoms with Gasteiger partial charge in [-0.3, -0.25) is 0 Å². The summed E-state index contributed by atoms with van der Waals surface area (Å²) in [6, 6.07) is 8.35. The molecule has 19 heavy (non-hydrogen) atoms. The molecule has 2 aromatic rings. The summed E-state index contributed by atoms with van der Waals surface area (Å²) < 4.78 is 1.98. The molecule has 2 rings (SSSR count). The molecule has 4 heteroatoms. The maximum absolute atomic E-state index is 8.81. The van der Waals surface area contributed by atoms with Crippen LogP contribution >= 0.6 is 0 Å². The molecule has 1 heterocycles. The van der Waals surface area contributed by atoms with Crippen molar-refractivity contribution >= 4 is 0 Å². The van der Waals surface area contributed by atoms with Gasteiger partial charge in [0.25, 0.3) is 0 Å². The van der Waals surface area contributed by atoms with Gasteiger partial charge < -0.3 is 10.4 Å². The van der Waals surface area contributed by atoms with Crippen molar-refractivity contribution in [3.8, 4) is 5.69 Å². The van der Waals surface area contributed by atoms with E-state index in [1.165, 1.54) is 11.1 Å². The van der Waals surface area contributed by atoms with Crippen molar-refractivity contribution in [2.75, 3.05) is 13.2 Å². The van der Waals surface area contributed by atoms with Crippen molar-refractivity contribution in [3.63, 3.8) is 0 Å². The van der Waals surface area contributed by atoms with Gasteiger partial charge in [0.2, 0.25) is 0 Å². The van der Waals surface area contributed by atoms with E-state index in [2.05, 4.69) is 48.5 Å². The summed E-state index contributed by atoms with van der Waals surface area (Å²) >= 11 is 0. The highest BCUT2D eigenvalue weighted by Gasteiger charge is 2.12. The van der Waals surface area contributed by atoms with Crippen LogP contribution < -0.4 is 5.32 Å². The first-order chi connectivity index (χ1) is 9.13. The molecule has 0 atom stereocenters. The predicted molar refractivity (Wildman–Crippen MR) is 76.6 cm³/mol. The van der Waals surface area contributed by atoms with E-state index in [9.17, 15) is 0 Å². The fraction of sp³-hybridized carbons (Fsp3) is 0.400. The van der Waals surface area contributed by atoms with Gasteiger partial charge in [-0.2, -0.15) is 5.10 Å². The van der Waals surface area contributed by atoms with Gasteiger partial charge in [0.05, 0.1) is 18.0 Å². The van der Waals surface area contributed by atoms with Gasteiger partial charge in [-0.1, -0.05) is 17.7 Å². The lowest BCUT2D eigenvalue weighted by atomic mass is 10.2. The lowest BCUT2D eigenvalue weighted by Gasteiger charge is -2.06. The fourth-order valence-corrected chi connectivity index (χ4v) is 2.16. The second-order valence-electron chi connectivity index (χ2n) is 4.80. The molecule has 4 nitrogen and oxygen atoms in total. The second kappa shape index (κ2) is 5.99. The van der Waals surface area contributed by atoms with E-state index in [4.69, 9.17) is 5.11 Å². The summed E-state index contributed by atoms with van der Waals surface area (Å²) in [6.45, 7) is 7.68. The third kappa shape index (κ3) is 3.03. The summed E-state index contributed by atoms with van der Waals surface area (Å²) in [7, 11) is 0.